The molecule has 0 spiro atoms. The zero-order valence-electron chi connectivity index (χ0n) is 10.6. The Balaban J connectivity index is 2.40. The first-order chi connectivity index (χ1) is 9.00. The number of carbonyl (C=O) groups excluding carboxylic acids is 1. The molecule has 0 aliphatic carbocycles. The van der Waals surface area contributed by atoms with E-state index in [0.717, 1.165) is 5.56 Å². The van der Waals surface area contributed by atoms with E-state index in [-0.39, 0.29) is 5.69 Å². The summed E-state index contributed by atoms with van der Waals surface area (Å²) >= 11 is 0. The average molecular weight is 264 g/mol. The summed E-state index contributed by atoms with van der Waals surface area (Å²) in [6.45, 7) is 3.62. The number of aryl methyl sites for hydroxylation is 1. The Hall–Kier alpha value is -2.15. The minimum atomic E-state index is -0.477. The molecule has 102 valence electrons. The number of rotatable bonds is 3. The first-order valence-electron chi connectivity index (χ1n) is 6.02. The van der Waals surface area contributed by atoms with Gasteiger partial charge in [-0.1, -0.05) is 6.07 Å². The second kappa shape index (κ2) is 5.23. The van der Waals surface area contributed by atoms with Gasteiger partial charge in [0.25, 0.3) is 5.69 Å². The Morgan fingerprint density at radius 3 is 2.95 bits per heavy atom. The third kappa shape index (κ3) is 2.65. The lowest BCUT2D eigenvalue weighted by Crippen LogP contribution is -2.57. The summed E-state index contributed by atoms with van der Waals surface area (Å²) in [5, 5.41) is 13.9. The van der Waals surface area contributed by atoms with Crippen LogP contribution in [0.4, 0.5) is 11.4 Å². The number of hydrogen-bond donors (Lipinski definition) is 2. The number of carbonyl (C=O) groups is 1. The highest BCUT2D eigenvalue weighted by molar-refractivity contribution is 5.84. The van der Waals surface area contributed by atoms with Crippen molar-refractivity contribution in [2.45, 2.75) is 13.0 Å². The largest absolute Gasteiger partial charge is 0.368 e. The summed E-state index contributed by atoms with van der Waals surface area (Å²) in [5.74, 6) is -0.432. The molecule has 19 heavy (non-hydrogen) atoms. The highest BCUT2D eigenvalue weighted by atomic mass is 16.6. The molecule has 2 rings (SSSR count). The Kier molecular flexibility index (Phi) is 3.66. The van der Waals surface area contributed by atoms with Gasteiger partial charge in [0.15, 0.2) is 0 Å². The van der Waals surface area contributed by atoms with Gasteiger partial charge in [0.1, 0.15) is 6.04 Å². The van der Waals surface area contributed by atoms with Crippen molar-refractivity contribution in [3.63, 3.8) is 0 Å². The third-order valence-electron chi connectivity index (χ3n) is 3.28. The van der Waals surface area contributed by atoms with Gasteiger partial charge in [0.05, 0.1) is 4.92 Å². The lowest BCUT2D eigenvalue weighted by atomic mass is 10.1. The van der Waals surface area contributed by atoms with Crippen LogP contribution < -0.4 is 16.0 Å². The van der Waals surface area contributed by atoms with Gasteiger partial charge >= 0.3 is 0 Å². The van der Waals surface area contributed by atoms with Gasteiger partial charge in [-0.05, 0) is 12.5 Å². The quantitative estimate of drug-likeness (QED) is 0.598. The molecule has 1 aliphatic rings. The third-order valence-corrected chi connectivity index (χ3v) is 3.28. The summed E-state index contributed by atoms with van der Waals surface area (Å²) in [6, 6.07) is 4.17. The topological polar surface area (TPSA) is 102 Å². The van der Waals surface area contributed by atoms with E-state index in [1.54, 1.807) is 6.07 Å². The van der Waals surface area contributed by atoms with Crippen LogP contribution in [0.15, 0.2) is 18.2 Å². The fourth-order valence-corrected chi connectivity index (χ4v) is 2.27. The molecule has 7 heteroatoms. The summed E-state index contributed by atoms with van der Waals surface area (Å²) < 4.78 is 0. The molecule has 1 aromatic carbocycles. The number of amides is 1. The van der Waals surface area contributed by atoms with Gasteiger partial charge in [-0.15, -0.1) is 0 Å². The molecule has 0 radical (unpaired) electrons. The Morgan fingerprint density at radius 1 is 1.58 bits per heavy atom. The van der Waals surface area contributed by atoms with Crippen molar-refractivity contribution in [3.05, 3.63) is 33.9 Å². The number of primary amides is 1. The van der Waals surface area contributed by atoms with Gasteiger partial charge in [-0.2, -0.15) is 0 Å². The Labute approximate surface area is 110 Å². The second-order valence-corrected chi connectivity index (χ2v) is 4.54. The van der Waals surface area contributed by atoms with Gasteiger partial charge in [-0.3, -0.25) is 14.9 Å². The van der Waals surface area contributed by atoms with Crippen LogP contribution in [0.2, 0.25) is 0 Å². The van der Waals surface area contributed by atoms with E-state index in [0.29, 0.717) is 25.3 Å². The standard InChI is InChI=1S/C12H16N4O3/c1-8-2-3-9(16(18)19)6-10(8)15-5-4-14-7-11(15)12(13)17/h2-3,6,11,14H,4-5,7H2,1H3,(H2,13,17). The van der Waals surface area contributed by atoms with Crippen LogP contribution in [-0.4, -0.2) is 36.5 Å². The number of non-ortho nitro benzene ring substituents is 1. The number of benzene rings is 1. The van der Waals surface area contributed by atoms with Crippen LogP contribution in [0, 0.1) is 17.0 Å². The zero-order valence-corrected chi connectivity index (χ0v) is 10.6. The van der Waals surface area contributed by atoms with E-state index in [4.69, 9.17) is 5.73 Å². The molecule has 1 fully saturated rings. The molecule has 1 amide bonds. The van der Waals surface area contributed by atoms with Crippen LogP contribution in [0.3, 0.4) is 0 Å². The van der Waals surface area contributed by atoms with Crippen molar-refractivity contribution < 1.29 is 9.72 Å². The number of nitro benzene ring substituents is 1. The van der Waals surface area contributed by atoms with E-state index >= 15 is 0 Å². The van der Waals surface area contributed by atoms with E-state index in [1.807, 2.05) is 11.8 Å². The molecule has 1 unspecified atom stereocenters. The Bertz CT molecular complexity index is 518. The predicted octanol–water partition coefficient (Wildman–Crippen LogP) is 0.167. The van der Waals surface area contributed by atoms with Crippen molar-refractivity contribution in [2.75, 3.05) is 24.5 Å². The van der Waals surface area contributed by atoms with Crippen molar-refractivity contribution >= 4 is 17.3 Å². The van der Waals surface area contributed by atoms with Crippen molar-refractivity contribution in [2.24, 2.45) is 5.73 Å². The molecule has 1 aliphatic heterocycles. The first kappa shape index (κ1) is 13.3. The summed E-state index contributed by atoms with van der Waals surface area (Å²) in [4.78, 5) is 23.7. The van der Waals surface area contributed by atoms with E-state index in [9.17, 15) is 14.9 Å². The molecule has 1 aromatic rings. The fourth-order valence-electron chi connectivity index (χ4n) is 2.27. The Morgan fingerprint density at radius 2 is 2.32 bits per heavy atom. The molecular formula is C12H16N4O3. The zero-order chi connectivity index (χ0) is 14.0. The number of nitrogens with zero attached hydrogens (tertiary/aromatic N) is 2. The lowest BCUT2D eigenvalue weighted by molar-refractivity contribution is -0.384. The van der Waals surface area contributed by atoms with E-state index in [2.05, 4.69) is 5.32 Å². The van der Waals surface area contributed by atoms with Crippen molar-refractivity contribution in [1.29, 1.82) is 0 Å². The summed E-state index contributed by atoms with van der Waals surface area (Å²) in [5.41, 5.74) is 6.99. The highest BCUT2D eigenvalue weighted by Gasteiger charge is 2.28. The monoisotopic (exact) mass is 264 g/mol. The average Bonchev–Trinajstić information content (AvgIpc) is 2.39. The van der Waals surface area contributed by atoms with Crippen LogP contribution >= 0.6 is 0 Å². The van der Waals surface area contributed by atoms with Gasteiger partial charge in [0, 0.05) is 37.5 Å². The number of nitrogens with one attached hydrogen (secondary N) is 1. The molecule has 0 aromatic heterocycles. The number of hydrogen-bond acceptors (Lipinski definition) is 5. The van der Waals surface area contributed by atoms with E-state index < -0.39 is 16.9 Å². The van der Waals surface area contributed by atoms with Gasteiger partial charge < -0.3 is 16.0 Å². The maximum absolute atomic E-state index is 11.5. The minimum absolute atomic E-state index is 0.0161. The van der Waals surface area contributed by atoms with E-state index in [1.165, 1.54) is 12.1 Å². The number of piperazine rings is 1. The minimum Gasteiger partial charge on any atom is -0.368 e. The SMILES string of the molecule is Cc1ccc([N+](=O)[O-])cc1N1CCNCC1C(N)=O. The predicted molar refractivity (Wildman–Crippen MR) is 71.0 cm³/mol. The molecule has 7 nitrogen and oxygen atoms in total. The van der Waals surface area contributed by atoms with Crippen LogP contribution in [0.25, 0.3) is 0 Å². The lowest BCUT2D eigenvalue weighted by Gasteiger charge is -2.36. The van der Waals surface area contributed by atoms with Crippen molar-refractivity contribution in [3.8, 4) is 0 Å². The molecule has 1 atom stereocenters. The highest BCUT2D eigenvalue weighted by Crippen LogP contribution is 2.27. The van der Waals surface area contributed by atoms with Gasteiger partial charge in [0.2, 0.25) is 5.91 Å². The number of anilines is 1. The first-order valence-corrected chi connectivity index (χ1v) is 6.02. The maximum Gasteiger partial charge on any atom is 0.271 e. The molecule has 1 saturated heterocycles. The van der Waals surface area contributed by atoms with Crippen LogP contribution in [0.1, 0.15) is 5.56 Å². The number of nitro groups is 1. The second-order valence-electron chi connectivity index (χ2n) is 4.54. The molecule has 1 heterocycles. The van der Waals surface area contributed by atoms with Gasteiger partial charge in [-0.25, -0.2) is 0 Å². The number of nitrogens with two attached hydrogens (primary N) is 1. The summed E-state index contributed by atoms with van der Waals surface area (Å²) in [6.07, 6.45) is 0. The molecular weight excluding hydrogens is 248 g/mol. The fraction of sp³-hybridized carbons (Fsp3) is 0.417. The van der Waals surface area contributed by atoms with Crippen molar-refractivity contribution in [1.82, 2.24) is 5.32 Å². The van der Waals surface area contributed by atoms with Crippen LogP contribution in [-0.2, 0) is 4.79 Å². The molecule has 0 saturated carbocycles. The summed E-state index contributed by atoms with van der Waals surface area (Å²) in [7, 11) is 0. The smallest absolute Gasteiger partial charge is 0.271 e. The maximum atomic E-state index is 11.5. The van der Waals surface area contributed by atoms with Crippen LogP contribution in [0.5, 0.6) is 0 Å². The molecule has 3 N–H and O–H groups in total. The normalized spacial score (nSPS) is 19.2. The molecule has 0 bridgehead atoms.